The van der Waals surface area contributed by atoms with E-state index in [-0.39, 0.29) is 5.69 Å². The summed E-state index contributed by atoms with van der Waals surface area (Å²) in [5.41, 5.74) is 0.0301. The molecule has 2 aromatic carbocycles. The van der Waals surface area contributed by atoms with Crippen molar-refractivity contribution in [1.82, 2.24) is 0 Å². The molecule has 0 fully saturated rings. The van der Waals surface area contributed by atoms with Gasteiger partial charge in [0.2, 0.25) is 0 Å². The molecule has 0 aliphatic heterocycles. The number of nitro benzene ring substituents is 1. The molecule has 18 heavy (non-hydrogen) atoms. The number of nitriles is 1. The molecule has 0 aliphatic rings. The summed E-state index contributed by atoms with van der Waals surface area (Å²) < 4.78 is 5.43. The van der Waals surface area contributed by atoms with Gasteiger partial charge in [-0.25, -0.2) is 0 Å². The van der Waals surface area contributed by atoms with Crippen molar-refractivity contribution in [2.24, 2.45) is 0 Å². The van der Waals surface area contributed by atoms with E-state index in [9.17, 15) is 10.1 Å². The third-order valence-electron chi connectivity index (χ3n) is 2.54. The fourth-order valence-electron chi connectivity index (χ4n) is 1.73. The van der Waals surface area contributed by atoms with Crippen molar-refractivity contribution in [3.63, 3.8) is 0 Å². The Morgan fingerprint density at radius 3 is 2.56 bits per heavy atom. The second kappa shape index (κ2) is 4.72. The Morgan fingerprint density at radius 2 is 1.94 bits per heavy atom. The summed E-state index contributed by atoms with van der Waals surface area (Å²) in [6, 6.07) is 11.8. The van der Waals surface area contributed by atoms with E-state index in [0.717, 1.165) is 0 Å². The third kappa shape index (κ3) is 2.09. The SMILES string of the molecule is CC(C#N)Oc1ccc([N+](=O)[O-])c2ccccc12. The van der Waals surface area contributed by atoms with Gasteiger partial charge >= 0.3 is 0 Å². The number of nitro groups is 1. The maximum Gasteiger partial charge on any atom is 0.277 e. The Kier molecular flexibility index (Phi) is 3.11. The smallest absolute Gasteiger partial charge is 0.277 e. The van der Waals surface area contributed by atoms with Gasteiger partial charge in [-0.3, -0.25) is 10.1 Å². The van der Waals surface area contributed by atoms with Crippen LogP contribution in [0, 0.1) is 21.4 Å². The fraction of sp³-hybridized carbons (Fsp3) is 0.154. The average Bonchev–Trinajstić information content (AvgIpc) is 2.38. The standard InChI is InChI=1S/C13H10N2O3/c1-9(8-14)18-13-7-6-12(15(16)17)10-4-2-3-5-11(10)13/h2-7,9H,1H3. The maximum absolute atomic E-state index is 10.9. The van der Waals surface area contributed by atoms with Crippen LogP contribution in [0.5, 0.6) is 5.75 Å². The van der Waals surface area contributed by atoms with Crippen LogP contribution in [0.25, 0.3) is 10.8 Å². The highest BCUT2D eigenvalue weighted by Crippen LogP contribution is 2.33. The first-order valence-electron chi connectivity index (χ1n) is 5.36. The van der Waals surface area contributed by atoms with E-state index in [1.165, 1.54) is 12.1 Å². The van der Waals surface area contributed by atoms with Crippen LogP contribution in [-0.2, 0) is 0 Å². The van der Waals surface area contributed by atoms with Crippen LogP contribution in [0.1, 0.15) is 6.92 Å². The molecule has 2 aromatic rings. The number of ether oxygens (including phenoxy) is 1. The van der Waals surface area contributed by atoms with Gasteiger partial charge in [0.05, 0.1) is 10.3 Å². The summed E-state index contributed by atoms with van der Waals surface area (Å²) in [5, 5.41) is 20.8. The number of hydrogen-bond donors (Lipinski definition) is 0. The minimum atomic E-state index is -0.602. The van der Waals surface area contributed by atoms with Gasteiger partial charge in [-0.2, -0.15) is 5.26 Å². The van der Waals surface area contributed by atoms with Gasteiger partial charge in [0, 0.05) is 11.5 Å². The molecule has 0 saturated heterocycles. The zero-order valence-corrected chi connectivity index (χ0v) is 9.66. The first-order valence-corrected chi connectivity index (χ1v) is 5.36. The van der Waals surface area contributed by atoms with Crippen molar-refractivity contribution >= 4 is 16.5 Å². The zero-order valence-electron chi connectivity index (χ0n) is 9.66. The molecular weight excluding hydrogens is 232 g/mol. The summed E-state index contributed by atoms with van der Waals surface area (Å²) in [4.78, 5) is 10.5. The number of benzene rings is 2. The lowest BCUT2D eigenvalue weighted by molar-refractivity contribution is -0.383. The zero-order chi connectivity index (χ0) is 13.1. The van der Waals surface area contributed by atoms with Crippen molar-refractivity contribution in [3.05, 3.63) is 46.5 Å². The van der Waals surface area contributed by atoms with Crippen molar-refractivity contribution in [2.75, 3.05) is 0 Å². The maximum atomic E-state index is 10.9. The molecular formula is C13H10N2O3. The molecule has 0 radical (unpaired) electrons. The van der Waals surface area contributed by atoms with Crippen LogP contribution in [-0.4, -0.2) is 11.0 Å². The monoisotopic (exact) mass is 242 g/mol. The van der Waals surface area contributed by atoms with E-state index in [1.807, 2.05) is 6.07 Å². The molecule has 0 bridgehead atoms. The van der Waals surface area contributed by atoms with Gasteiger partial charge in [0.15, 0.2) is 6.10 Å². The Labute approximate surface area is 103 Å². The Morgan fingerprint density at radius 1 is 1.28 bits per heavy atom. The lowest BCUT2D eigenvalue weighted by Gasteiger charge is -2.10. The third-order valence-corrected chi connectivity index (χ3v) is 2.54. The van der Waals surface area contributed by atoms with E-state index in [2.05, 4.69) is 0 Å². The number of non-ortho nitro benzene ring substituents is 1. The van der Waals surface area contributed by atoms with Crippen molar-refractivity contribution in [3.8, 4) is 11.8 Å². The van der Waals surface area contributed by atoms with E-state index < -0.39 is 11.0 Å². The second-order valence-corrected chi connectivity index (χ2v) is 3.77. The molecule has 0 heterocycles. The molecule has 90 valence electrons. The predicted molar refractivity (Wildman–Crippen MR) is 66.3 cm³/mol. The van der Waals surface area contributed by atoms with Gasteiger partial charge in [-0.05, 0) is 19.1 Å². The van der Waals surface area contributed by atoms with Gasteiger partial charge in [0.25, 0.3) is 5.69 Å². The Balaban J connectivity index is 2.61. The summed E-state index contributed by atoms with van der Waals surface area (Å²) in [7, 11) is 0. The minimum absolute atomic E-state index is 0.0301. The quantitative estimate of drug-likeness (QED) is 0.612. The lowest BCUT2D eigenvalue weighted by Crippen LogP contribution is -2.08. The van der Waals surface area contributed by atoms with Crippen molar-refractivity contribution < 1.29 is 9.66 Å². The van der Waals surface area contributed by atoms with E-state index >= 15 is 0 Å². The molecule has 2 rings (SSSR count). The van der Waals surface area contributed by atoms with Crippen LogP contribution in [0.4, 0.5) is 5.69 Å². The fourth-order valence-corrected chi connectivity index (χ4v) is 1.73. The highest BCUT2D eigenvalue weighted by molar-refractivity contribution is 5.95. The van der Waals surface area contributed by atoms with E-state index in [1.54, 1.807) is 31.2 Å². The molecule has 0 aliphatic carbocycles. The van der Waals surface area contributed by atoms with Crippen molar-refractivity contribution in [1.29, 1.82) is 5.26 Å². The van der Waals surface area contributed by atoms with E-state index in [4.69, 9.17) is 10.00 Å². The van der Waals surface area contributed by atoms with Crippen LogP contribution >= 0.6 is 0 Å². The highest BCUT2D eigenvalue weighted by Gasteiger charge is 2.15. The largest absolute Gasteiger partial charge is 0.475 e. The Hall–Kier alpha value is -2.61. The summed E-state index contributed by atoms with van der Waals surface area (Å²) in [5.74, 6) is 0.477. The molecule has 0 saturated carbocycles. The summed E-state index contributed by atoms with van der Waals surface area (Å²) in [6.07, 6.45) is -0.602. The molecule has 0 amide bonds. The lowest BCUT2D eigenvalue weighted by atomic mass is 10.1. The van der Waals surface area contributed by atoms with Gasteiger partial charge in [-0.1, -0.05) is 18.2 Å². The first-order chi connectivity index (χ1) is 8.63. The van der Waals surface area contributed by atoms with E-state index in [0.29, 0.717) is 16.5 Å². The van der Waals surface area contributed by atoms with Gasteiger partial charge in [-0.15, -0.1) is 0 Å². The first kappa shape index (κ1) is 11.9. The second-order valence-electron chi connectivity index (χ2n) is 3.77. The number of hydrogen-bond acceptors (Lipinski definition) is 4. The van der Waals surface area contributed by atoms with Gasteiger partial charge < -0.3 is 4.74 Å². The highest BCUT2D eigenvalue weighted by atomic mass is 16.6. The molecule has 5 nitrogen and oxygen atoms in total. The number of rotatable bonds is 3. The number of fused-ring (bicyclic) bond motifs is 1. The Bertz CT molecular complexity index is 646. The number of nitrogens with zero attached hydrogens (tertiary/aromatic N) is 2. The average molecular weight is 242 g/mol. The molecule has 1 unspecified atom stereocenters. The van der Waals surface area contributed by atoms with Crippen LogP contribution < -0.4 is 4.74 Å². The predicted octanol–water partition coefficient (Wildman–Crippen LogP) is 3.04. The topological polar surface area (TPSA) is 76.2 Å². The summed E-state index contributed by atoms with van der Waals surface area (Å²) in [6.45, 7) is 1.62. The molecule has 1 atom stereocenters. The minimum Gasteiger partial charge on any atom is -0.475 e. The van der Waals surface area contributed by atoms with Crippen LogP contribution in [0.15, 0.2) is 36.4 Å². The molecule has 0 spiro atoms. The van der Waals surface area contributed by atoms with Crippen molar-refractivity contribution in [2.45, 2.75) is 13.0 Å². The molecule has 5 heteroatoms. The summed E-state index contributed by atoms with van der Waals surface area (Å²) >= 11 is 0. The van der Waals surface area contributed by atoms with Gasteiger partial charge in [0.1, 0.15) is 11.8 Å². The normalized spacial score (nSPS) is 11.8. The molecule has 0 N–H and O–H groups in total. The van der Waals surface area contributed by atoms with Crippen LogP contribution in [0.2, 0.25) is 0 Å². The van der Waals surface area contributed by atoms with Crippen LogP contribution in [0.3, 0.4) is 0 Å². The molecule has 0 aromatic heterocycles.